The molecule has 0 rings (SSSR count). The summed E-state index contributed by atoms with van der Waals surface area (Å²) in [4.78, 5) is 11.8. The van der Waals surface area contributed by atoms with Crippen LogP contribution in [0.15, 0.2) is 0 Å². The molecule has 0 aromatic heterocycles. The first-order chi connectivity index (χ1) is 13.7. The van der Waals surface area contributed by atoms with Gasteiger partial charge in [-0.25, -0.2) is 0 Å². The number of amides is 1. The summed E-state index contributed by atoms with van der Waals surface area (Å²) >= 11 is 0. The number of hydrogen-bond acceptors (Lipinski definition) is 3. The van der Waals surface area contributed by atoms with E-state index in [0.29, 0.717) is 12.8 Å². The van der Waals surface area contributed by atoms with Gasteiger partial charge in [-0.15, -0.1) is 0 Å². The summed E-state index contributed by atoms with van der Waals surface area (Å²) < 4.78 is 0. The van der Waals surface area contributed by atoms with Gasteiger partial charge in [-0.3, -0.25) is 4.79 Å². The van der Waals surface area contributed by atoms with Crippen LogP contribution >= 0.6 is 0 Å². The molecule has 0 fully saturated rings. The summed E-state index contributed by atoms with van der Waals surface area (Å²) in [6, 6.07) is -0.522. The maximum atomic E-state index is 11.8. The molecule has 168 valence electrons. The van der Waals surface area contributed by atoms with Crippen molar-refractivity contribution in [2.45, 2.75) is 142 Å². The third kappa shape index (κ3) is 17.5. The molecule has 0 bridgehead atoms. The lowest BCUT2D eigenvalue weighted by atomic mass is 10.0. The summed E-state index contributed by atoms with van der Waals surface area (Å²) in [7, 11) is 0. The van der Waals surface area contributed by atoms with Crippen molar-refractivity contribution in [2.75, 3.05) is 6.61 Å². The summed E-state index contributed by atoms with van der Waals surface area (Å²) in [5.41, 5.74) is 0. The van der Waals surface area contributed by atoms with Gasteiger partial charge in [0.05, 0.1) is 18.8 Å². The van der Waals surface area contributed by atoms with E-state index in [0.717, 1.165) is 32.1 Å². The molecule has 0 aromatic carbocycles. The van der Waals surface area contributed by atoms with E-state index < -0.39 is 12.1 Å². The number of rotatable bonds is 21. The second kappa shape index (κ2) is 21.1. The van der Waals surface area contributed by atoms with Crippen molar-refractivity contribution in [1.29, 1.82) is 0 Å². The smallest absolute Gasteiger partial charge is 0.220 e. The predicted octanol–water partition coefficient (Wildman–Crippen LogP) is 5.89. The molecule has 3 N–H and O–H groups in total. The Morgan fingerprint density at radius 3 is 1.61 bits per heavy atom. The first-order valence-corrected chi connectivity index (χ1v) is 12.2. The van der Waals surface area contributed by atoms with Crippen LogP contribution in [-0.4, -0.2) is 34.9 Å². The molecule has 0 saturated carbocycles. The molecule has 2 atom stereocenters. The Kier molecular flexibility index (Phi) is 20.6. The third-order valence-corrected chi connectivity index (χ3v) is 5.62. The Labute approximate surface area is 174 Å². The van der Waals surface area contributed by atoms with Crippen molar-refractivity contribution in [2.24, 2.45) is 0 Å². The molecule has 0 spiro atoms. The van der Waals surface area contributed by atoms with Gasteiger partial charge in [-0.05, 0) is 12.8 Å². The standard InChI is InChI=1S/C24H49NO3/c1-3-5-7-8-9-10-11-12-13-14-15-16-18-19-23(27)22(21-26)25-24(28)20-17-6-4-2/h22-23,26-27H,3-21H2,1-2H3,(H,25,28)/t22-,23-/m0/s1. The van der Waals surface area contributed by atoms with Crippen LogP contribution in [0.2, 0.25) is 0 Å². The minimum Gasteiger partial charge on any atom is -0.394 e. The molecule has 0 saturated heterocycles. The van der Waals surface area contributed by atoms with Gasteiger partial charge in [-0.1, -0.05) is 110 Å². The quantitative estimate of drug-likeness (QED) is 0.211. The van der Waals surface area contributed by atoms with Crippen molar-refractivity contribution in [3.05, 3.63) is 0 Å². The molecule has 0 radical (unpaired) electrons. The maximum Gasteiger partial charge on any atom is 0.220 e. The molecule has 28 heavy (non-hydrogen) atoms. The lowest BCUT2D eigenvalue weighted by molar-refractivity contribution is -0.123. The van der Waals surface area contributed by atoms with E-state index in [1.807, 2.05) is 0 Å². The van der Waals surface area contributed by atoms with Crippen LogP contribution in [0.4, 0.5) is 0 Å². The van der Waals surface area contributed by atoms with Gasteiger partial charge in [0.2, 0.25) is 5.91 Å². The second-order valence-corrected chi connectivity index (χ2v) is 8.41. The van der Waals surface area contributed by atoms with Crippen LogP contribution in [0.3, 0.4) is 0 Å². The largest absolute Gasteiger partial charge is 0.394 e. The highest BCUT2D eigenvalue weighted by atomic mass is 16.3. The molecule has 0 aliphatic rings. The average Bonchev–Trinajstić information content (AvgIpc) is 2.69. The van der Waals surface area contributed by atoms with Crippen molar-refractivity contribution in [3.8, 4) is 0 Å². The number of hydrogen-bond donors (Lipinski definition) is 3. The second-order valence-electron chi connectivity index (χ2n) is 8.41. The van der Waals surface area contributed by atoms with Gasteiger partial charge >= 0.3 is 0 Å². The van der Waals surface area contributed by atoms with Crippen LogP contribution in [0.25, 0.3) is 0 Å². The predicted molar refractivity (Wildman–Crippen MR) is 119 cm³/mol. The van der Waals surface area contributed by atoms with Crippen molar-refractivity contribution >= 4 is 5.91 Å². The number of carbonyl (C=O) groups is 1. The molecule has 0 unspecified atom stereocenters. The number of aliphatic hydroxyl groups is 2. The Bertz CT molecular complexity index is 336. The Balaban J connectivity index is 3.53. The lowest BCUT2D eigenvalue weighted by Gasteiger charge is -2.22. The zero-order chi connectivity index (χ0) is 20.9. The SMILES string of the molecule is CCCCCCCCCCCCCCC[C@H](O)[C@H](CO)NC(=O)CCCCC. The van der Waals surface area contributed by atoms with E-state index in [4.69, 9.17) is 0 Å². The molecule has 0 aliphatic heterocycles. The first kappa shape index (κ1) is 27.4. The number of aliphatic hydroxyl groups excluding tert-OH is 2. The fourth-order valence-electron chi connectivity index (χ4n) is 3.65. The Morgan fingerprint density at radius 1 is 0.714 bits per heavy atom. The van der Waals surface area contributed by atoms with E-state index >= 15 is 0 Å². The maximum absolute atomic E-state index is 11.8. The molecule has 1 amide bonds. The Hall–Kier alpha value is -0.610. The fourth-order valence-corrected chi connectivity index (χ4v) is 3.65. The van der Waals surface area contributed by atoms with Crippen LogP contribution < -0.4 is 5.32 Å². The van der Waals surface area contributed by atoms with Crippen molar-refractivity contribution in [1.82, 2.24) is 5.32 Å². The topological polar surface area (TPSA) is 69.6 Å². The van der Waals surface area contributed by atoms with E-state index in [-0.39, 0.29) is 12.5 Å². The summed E-state index contributed by atoms with van der Waals surface area (Å²) in [6.45, 7) is 4.17. The fraction of sp³-hybridized carbons (Fsp3) is 0.958. The molecular formula is C24H49NO3. The van der Waals surface area contributed by atoms with E-state index in [2.05, 4.69) is 19.2 Å². The van der Waals surface area contributed by atoms with E-state index in [9.17, 15) is 15.0 Å². The van der Waals surface area contributed by atoms with Gasteiger partial charge in [0.15, 0.2) is 0 Å². The summed E-state index contributed by atoms with van der Waals surface area (Å²) in [5.74, 6) is -0.0584. The summed E-state index contributed by atoms with van der Waals surface area (Å²) in [5, 5.41) is 22.5. The van der Waals surface area contributed by atoms with E-state index in [1.54, 1.807) is 0 Å². The Morgan fingerprint density at radius 2 is 1.14 bits per heavy atom. The molecule has 0 aromatic rings. The van der Waals surface area contributed by atoms with Gasteiger partial charge in [-0.2, -0.15) is 0 Å². The van der Waals surface area contributed by atoms with Crippen molar-refractivity contribution in [3.63, 3.8) is 0 Å². The number of carbonyl (C=O) groups excluding carboxylic acids is 1. The van der Waals surface area contributed by atoms with Gasteiger partial charge in [0, 0.05) is 6.42 Å². The monoisotopic (exact) mass is 399 g/mol. The summed E-state index contributed by atoms with van der Waals surface area (Å²) in [6.07, 6.45) is 20.4. The first-order valence-electron chi connectivity index (χ1n) is 12.2. The van der Waals surface area contributed by atoms with Crippen LogP contribution in [0.5, 0.6) is 0 Å². The zero-order valence-corrected chi connectivity index (χ0v) is 18.9. The van der Waals surface area contributed by atoms with Crippen molar-refractivity contribution < 1.29 is 15.0 Å². The van der Waals surface area contributed by atoms with Gasteiger partial charge in [0.25, 0.3) is 0 Å². The molecule has 4 heteroatoms. The molecule has 4 nitrogen and oxygen atoms in total. The average molecular weight is 400 g/mol. The van der Waals surface area contributed by atoms with Crippen LogP contribution in [0, 0.1) is 0 Å². The van der Waals surface area contributed by atoms with E-state index in [1.165, 1.54) is 70.6 Å². The van der Waals surface area contributed by atoms with Gasteiger partial charge in [0.1, 0.15) is 0 Å². The normalized spacial score (nSPS) is 13.4. The zero-order valence-electron chi connectivity index (χ0n) is 18.9. The van der Waals surface area contributed by atoms with Crippen LogP contribution in [-0.2, 0) is 4.79 Å². The van der Waals surface area contributed by atoms with Crippen LogP contribution in [0.1, 0.15) is 129 Å². The minimum atomic E-state index is -0.646. The lowest BCUT2D eigenvalue weighted by Crippen LogP contribution is -2.45. The highest BCUT2D eigenvalue weighted by molar-refractivity contribution is 5.76. The highest BCUT2D eigenvalue weighted by Crippen LogP contribution is 2.14. The molecule has 0 heterocycles. The minimum absolute atomic E-state index is 0.0584. The number of nitrogens with one attached hydrogen (secondary N) is 1. The highest BCUT2D eigenvalue weighted by Gasteiger charge is 2.19. The number of unbranched alkanes of at least 4 members (excludes halogenated alkanes) is 14. The molecule has 0 aliphatic carbocycles. The molecular weight excluding hydrogens is 350 g/mol. The third-order valence-electron chi connectivity index (χ3n) is 5.62. The van der Waals surface area contributed by atoms with Gasteiger partial charge < -0.3 is 15.5 Å².